The van der Waals surface area contributed by atoms with Crippen LogP contribution in [-0.4, -0.2) is 24.0 Å². The van der Waals surface area contributed by atoms with Gasteiger partial charge in [0.15, 0.2) is 17.6 Å². The molecule has 0 saturated carbocycles. The number of amides is 1. The van der Waals surface area contributed by atoms with Gasteiger partial charge in [0.05, 0.1) is 22.7 Å². The number of anilines is 1. The summed E-state index contributed by atoms with van der Waals surface area (Å²) in [6.45, 7) is 1.55. The van der Waals surface area contributed by atoms with Crippen LogP contribution in [0.2, 0.25) is 5.02 Å². The molecule has 0 saturated heterocycles. The molecule has 126 valence electrons. The third-order valence-electron chi connectivity index (χ3n) is 3.16. The number of ether oxygens (including phenoxy) is 2. The number of hydrogen-bond donors (Lipinski definition) is 1. The number of halogens is 1. The molecule has 0 radical (unpaired) electrons. The van der Waals surface area contributed by atoms with Crippen LogP contribution in [0.3, 0.4) is 0 Å². The predicted molar refractivity (Wildman–Crippen MR) is 89.8 cm³/mol. The quantitative estimate of drug-likeness (QED) is 0.634. The number of hydrogen-bond acceptors (Lipinski definition) is 5. The van der Waals surface area contributed by atoms with E-state index in [9.17, 15) is 14.9 Å². The first-order chi connectivity index (χ1) is 11.4. The standard InChI is InChI=1S/C16H15ClN2O5/c1-10(24-15-6-4-3-5-14(15)23-2)16(20)18-13-9-11(19(21)22)7-8-12(13)17/h3-10H,1-2H3,(H,18,20)/t10-/m0/s1. The van der Waals surface area contributed by atoms with Crippen LogP contribution in [-0.2, 0) is 4.79 Å². The molecule has 7 nitrogen and oxygen atoms in total. The molecule has 2 aromatic rings. The minimum Gasteiger partial charge on any atom is -0.493 e. The minimum absolute atomic E-state index is 0.145. The lowest BCUT2D eigenvalue weighted by atomic mass is 10.2. The van der Waals surface area contributed by atoms with Crippen LogP contribution in [0.15, 0.2) is 42.5 Å². The Morgan fingerprint density at radius 2 is 1.92 bits per heavy atom. The average molecular weight is 351 g/mol. The summed E-state index contributed by atoms with van der Waals surface area (Å²) < 4.78 is 10.7. The van der Waals surface area contributed by atoms with Gasteiger partial charge in [-0.25, -0.2) is 0 Å². The van der Waals surface area contributed by atoms with Crippen molar-refractivity contribution in [3.63, 3.8) is 0 Å². The summed E-state index contributed by atoms with van der Waals surface area (Å²) in [4.78, 5) is 22.5. The molecular weight excluding hydrogens is 336 g/mol. The first-order valence-corrected chi connectivity index (χ1v) is 7.34. The van der Waals surface area contributed by atoms with Crippen molar-refractivity contribution < 1.29 is 19.2 Å². The first-order valence-electron chi connectivity index (χ1n) is 6.97. The number of rotatable bonds is 6. The number of carbonyl (C=O) groups is 1. The van der Waals surface area contributed by atoms with E-state index >= 15 is 0 Å². The van der Waals surface area contributed by atoms with E-state index in [0.717, 1.165) is 0 Å². The maximum Gasteiger partial charge on any atom is 0.271 e. The highest BCUT2D eigenvalue weighted by atomic mass is 35.5. The molecule has 2 rings (SSSR count). The highest BCUT2D eigenvalue weighted by Gasteiger charge is 2.19. The number of nitrogens with one attached hydrogen (secondary N) is 1. The normalized spacial score (nSPS) is 11.5. The number of non-ortho nitro benzene ring substituents is 1. The zero-order chi connectivity index (χ0) is 17.7. The number of nitrogens with zero attached hydrogens (tertiary/aromatic N) is 1. The molecule has 0 unspecified atom stereocenters. The second-order valence-electron chi connectivity index (χ2n) is 4.82. The Bertz CT molecular complexity index is 766. The van der Waals surface area contributed by atoms with Crippen molar-refractivity contribution in [2.45, 2.75) is 13.0 Å². The summed E-state index contributed by atoms with van der Waals surface area (Å²) in [5.74, 6) is 0.404. The van der Waals surface area contributed by atoms with Crippen LogP contribution in [0, 0.1) is 10.1 Å². The molecule has 24 heavy (non-hydrogen) atoms. The number of nitro groups is 1. The third kappa shape index (κ3) is 4.14. The zero-order valence-electron chi connectivity index (χ0n) is 13.0. The summed E-state index contributed by atoms with van der Waals surface area (Å²) in [5.41, 5.74) is -0.0284. The van der Waals surface area contributed by atoms with E-state index in [4.69, 9.17) is 21.1 Å². The fourth-order valence-electron chi connectivity index (χ4n) is 1.92. The van der Waals surface area contributed by atoms with E-state index in [1.54, 1.807) is 31.2 Å². The molecule has 8 heteroatoms. The average Bonchev–Trinajstić information content (AvgIpc) is 2.57. The van der Waals surface area contributed by atoms with Crippen molar-refractivity contribution in [3.8, 4) is 11.5 Å². The molecule has 0 aromatic heterocycles. The third-order valence-corrected chi connectivity index (χ3v) is 3.49. The molecule has 0 fully saturated rings. The molecule has 0 spiro atoms. The molecule has 1 amide bonds. The van der Waals surface area contributed by atoms with Gasteiger partial charge < -0.3 is 14.8 Å². The number of benzene rings is 2. The summed E-state index contributed by atoms with van der Waals surface area (Å²) in [5, 5.41) is 13.5. The summed E-state index contributed by atoms with van der Waals surface area (Å²) in [6, 6.07) is 10.7. The largest absolute Gasteiger partial charge is 0.493 e. The second kappa shape index (κ2) is 7.65. The van der Waals surface area contributed by atoms with E-state index < -0.39 is 16.9 Å². The maximum atomic E-state index is 12.2. The Balaban J connectivity index is 2.12. The van der Waals surface area contributed by atoms with Crippen LogP contribution in [0.4, 0.5) is 11.4 Å². The van der Waals surface area contributed by atoms with Crippen molar-refractivity contribution in [1.82, 2.24) is 0 Å². The van der Waals surface area contributed by atoms with Gasteiger partial charge in [-0.3, -0.25) is 14.9 Å². The van der Waals surface area contributed by atoms with Gasteiger partial charge in [-0.1, -0.05) is 23.7 Å². The van der Waals surface area contributed by atoms with Crippen molar-refractivity contribution in [1.29, 1.82) is 0 Å². The molecular formula is C16H15ClN2O5. The maximum absolute atomic E-state index is 12.2. The Morgan fingerprint density at radius 3 is 2.54 bits per heavy atom. The number of nitro benzene ring substituents is 1. The van der Waals surface area contributed by atoms with Crippen LogP contribution >= 0.6 is 11.6 Å². The van der Waals surface area contributed by atoms with E-state index in [0.29, 0.717) is 11.5 Å². The number of para-hydroxylation sites is 2. The minimum atomic E-state index is -0.864. The Kier molecular flexibility index (Phi) is 5.59. The van der Waals surface area contributed by atoms with Gasteiger partial charge in [0.1, 0.15) is 0 Å². The molecule has 0 aliphatic heterocycles. The van der Waals surface area contributed by atoms with Crippen molar-refractivity contribution >= 4 is 28.9 Å². The molecule has 2 aromatic carbocycles. The molecule has 0 bridgehead atoms. The lowest BCUT2D eigenvalue weighted by Gasteiger charge is -2.17. The second-order valence-corrected chi connectivity index (χ2v) is 5.23. The lowest BCUT2D eigenvalue weighted by molar-refractivity contribution is -0.384. The predicted octanol–water partition coefficient (Wildman–Crippen LogP) is 3.66. The van der Waals surface area contributed by atoms with Gasteiger partial charge in [0, 0.05) is 12.1 Å². The SMILES string of the molecule is COc1ccccc1O[C@@H](C)C(=O)Nc1cc([N+](=O)[O-])ccc1Cl. The summed E-state index contributed by atoms with van der Waals surface area (Å²) >= 11 is 5.96. The van der Waals surface area contributed by atoms with E-state index in [-0.39, 0.29) is 16.4 Å². The van der Waals surface area contributed by atoms with Crippen LogP contribution in [0.5, 0.6) is 11.5 Å². The summed E-state index contributed by atoms with van der Waals surface area (Å²) in [7, 11) is 1.50. The van der Waals surface area contributed by atoms with E-state index in [1.165, 1.54) is 25.3 Å². The van der Waals surface area contributed by atoms with Gasteiger partial charge in [0.25, 0.3) is 11.6 Å². The van der Waals surface area contributed by atoms with Gasteiger partial charge in [0.2, 0.25) is 0 Å². The van der Waals surface area contributed by atoms with Crippen molar-refractivity contribution in [2.75, 3.05) is 12.4 Å². The van der Waals surface area contributed by atoms with Crippen LogP contribution in [0.1, 0.15) is 6.92 Å². The van der Waals surface area contributed by atoms with Gasteiger partial charge in [-0.05, 0) is 25.1 Å². The van der Waals surface area contributed by atoms with E-state index in [1.807, 2.05) is 0 Å². The van der Waals surface area contributed by atoms with Crippen molar-refractivity contribution in [2.24, 2.45) is 0 Å². The van der Waals surface area contributed by atoms with E-state index in [2.05, 4.69) is 5.32 Å². The van der Waals surface area contributed by atoms with Gasteiger partial charge in [-0.15, -0.1) is 0 Å². The monoisotopic (exact) mass is 350 g/mol. The Hall–Kier alpha value is -2.80. The summed E-state index contributed by atoms with van der Waals surface area (Å²) in [6.07, 6.45) is -0.864. The Labute approximate surface area is 143 Å². The van der Waals surface area contributed by atoms with Crippen LogP contribution in [0.25, 0.3) is 0 Å². The highest BCUT2D eigenvalue weighted by molar-refractivity contribution is 6.33. The smallest absolute Gasteiger partial charge is 0.271 e. The topological polar surface area (TPSA) is 90.7 Å². The van der Waals surface area contributed by atoms with Crippen LogP contribution < -0.4 is 14.8 Å². The lowest BCUT2D eigenvalue weighted by Crippen LogP contribution is -2.30. The molecule has 0 aliphatic carbocycles. The molecule has 0 heterocycles. The fraction of sp³-hybridized carbons (Fsp3) is 0.188. The van der Waals surface area contributed by atoms with Gasteiger partial charge in [-0.2, -0.15) is 0 Å². The zero-order valence-corrected chi connectivity index (χ0v) is 13.7. The fourth-order valence-corrected chi connectivity index (χ4v) is 2.08. The number of carbonyl (C=O) groups excluding carboxylic acids is 1. The molecule has 1 atom stereocenters. The van der Waals surface area contributed by atoms with Gasteiger partial charge >= 0.3 is 0 Å². The first kappa shape index (κ1) is 17.6. The number of methoxy groups -OCH3 is 1. The molecule has 1 N–H and O–H groups in total. The highest BCUT2D eigenvalue weighted by Crippen LogP contribution is 2.29. The molecule has 0 aliphatic rings. The Morgan fingerprint density at radius 1 is 1.25 bits per heavy atom. The van der Waals surface area contributed by atoms with Crippen molar-refractivity contribution in [3.05, 3.63) is 57.6 Å².